The van der Waals surface area contributed by atoms with Gasteiger partial charge in [0, 0.05) is 0 Å². The molecule has 150 valence electrons. The van der Waals surface area contributed by atoms with Crippen LogP contribution in [0, 0.1) is 5.82 Å². The lowest BCUT2D eigenvalue weighted by molar-refractivity contribution is -0.122. The van der Waals surface area contributed by atoms with E-state index in [-0.39, 0.29) is 11.7 Å². The first kappa shape index (κ1) is 20.3. The largest absolute Gasteiger partial charge is 0.489 e. The predicted molar refractivity (Wildman–Crippen MR) is 122 cm³/mol. The quantitative estimate of drug-likeness (QED) is 0.361. The molecule has 0 bridgehead atoms. The maximum absolute atomic E-state index is 13.0. The van der Waals surface area contributed by atoms with Gasteiger partial charge in [0.2, 0.25) is 0 Å². The van der Waals surface area contributed by atoms with Crippen LogP contribution in [0.1, 0.15) is 16.7 Å². The Balaban J connectivity index is 1.45. The zero-order chi connectivity index (χ0) is 20.9. The van der Waals surface area contributed by atoms with Crippen molar-refractivity contribution in [3.63, 3.8) is 0 Å². The van der Waals surface area contributed by atoms with E-state index in [0.717, 1.165) is 16.7 Å². The van der Waals surface area contributed by atoms with Crippen molar-refractivity contribution in [2.24, 2.45) is 0 Å². The highest BCUT2D eigenvalue weighted by atomic mass is 32.2. The van der Waals surface area contributed by atoms with Crippen molar-refractivity contribution >= 4 is 40.3 Å². The highest BCUT2D eigenvalue weighted by molar-refractivity contribution is 8.26. The minimum absolute atomic E-state index is 0.0912. The molecular weight excluding hydrogens is 417 g/mol. The van der Waals surface area contributed by atoms with Gasteiger partial charge in [0.25, 0.3) is 5.91 Å². The van der Waals surface area contributed by atoms with Crippen molar-refractivity contribution in [3.05, 3.63) is 106 Å². The molecule has 1 amide bonds. The van der Waals surface area contributed by atoms with Gasteiger partial charge in [-0.2, -0.15) is 0 Å². The molecule has 3 aromatic carbocycles. The summed E-state index contributed by atoms with van der Waals surface area (Å²) in [5.41, 5.74) is 2.77. The summed E-state index contributed by atoms with van der Waals surface area (Å²) in [4.78, 5) is 15.0. The molecule has 0 spiro atoms. The van der Waals surface area contributed by atoms with Gasteiger partial charge in [0.1, 0.15) is 22.5 Å². The maximum atomic E-state index is 13.0. The molecule has 0 radical (unpaired) electrons. The van der Waals surface area contributed by atoms with E-state index in [1.54, 1.807) is 17.0 Å². The number of hydrogen-bond acceptors (Lipinski definition) is 4. The molecule has 1 aliphatic heterocycles. The second-order valence-electron chi connectivity index (χ2n) is 6.74. The fraction of sp³-hybridized carbons (Fsp3) is 0.0833. The van der Waals surface area contributed by atoms with Crippen LogP contribution in [0.25, 0.3) is 6.08 Å². The van der Waals surface area contributed by atoms with Crippen LogP contribution in [0.3, 0.4) is 0 Å². The van der Waals surface area contributed by atoms with E-state index in [9.17, 15) is 9.18 Å². The molecule has 0 saturated carbocycles. The summed E-state index contributed by atoms with van der Waals surface area (Å²) in [5.74, 6) is 0.310. The van der Waals surface area contributed by atoms with Crippen molar-refractivity contribution in [1.29, 1.82) is 0 Å². The molecule has 4 rings (SSSR count). The Morgan fingerprint density at radius 3 is 2.50 bits per heavy atom. The zero-order valence-electron chi connectivity index (χ0n) is 16.0. The van der Waals surface area contributed by atoms with E-state index in [2.05, 4.69) is 0 Å². The first-order chi connectivity index (χ1) is 14.6. The summed E-state index contributed by atoms with van der Waals surface area (Å²) in [6, 6.07) is 23.5. The van der Waals surface area contributed by atoms with Gasteiger partial charge in [0.15, 0.2) is 0 Å². The summed E-state index contributed by atoms with van der Waals surface area (Å²) >= 11 is 6.72. The molecule has 1 saturated heterocycles. The Bertz CT molecular complexity index is 1100. The van der Waals surface area contributed by atoms with Crippen LogP contribution >= 0.6 is 24.0 Å². The van der Waals surface area contributed by atoms with Crippen LogP contribution in [-0.4, -0.2) is 15.1 Å². The third kappa shape index (κ3) is 4.96. The number of hydrogen-bond donors (Lipinski definition) is 0. The van der Waals surface area contributed by atoms with E-state index in [4.69, 9.17) is 17.0 Å². The standard InChI is InChI=1S/C24H18FNO2S2/c25-20-11-9-18(10-12-20)16-28-21-8-4-7-19(13-21)14-22-23(27)26(24(29)30-22)15-17-5-2-1-3-6-17/h1-14H,15-16H2/b22-14+. The Morgan fingerprint density at radius 1 is 0.967 bits per heavy atom. The topological polar surface area (TPSA) is 29.5 Å². The highest BCUT2D eigenvalue weighted by Gasteiger charge is 2.31. The fourth-order valence-electron chi connectivity index (χ4n) is 3.00. The normalized spacial score (nSPS) is 15.1. The first-order valence-electron chi connectivity index (χ1n) is 9.35. The summed E-state index contributed by atoms with van der Waals surface area (Å²) in [5, 5.41) is 0. The van der Waals surface area contributed by atoms with E-state index in [0.29, 0.717) is 28.1 Å². The van der Waals surface area contributed by atoms with Gasteiger partial charge in [-0.3, -0.25) is 9.69 Å². The number of halogens is 1. The van der Waals surface area contributed by atoms with Crippen LogP contribution in [0.5, 0.6) is 5.75 Å². The van der Waals surface area contributed by atoms with Gasteiger partial charge in [-0.15, -0.1) is 0 Å². The van der Waals surface area contributed by atoms with E-state index in [1.165, 1.54) is 23.9 Å². The predicted octanol–water partition coefficient (Wildman–Crippen LogP) is 5.81. The molecule has 0 unspecified atom stereocenters. The van der Waals surface area contributed by atoms with Crippen molar-refractivity contribution in [1.82, 2.24) is 4.90 Å². The molecule has 1 fully saturated rings. The molecule has 1 aliphatic rings. The van der Waals surface area contributed by atoms with Crippen molar-refractivity contribution in [3.8, 4) is 5.75 Å². The van der Waals surface area contributed by atoms with Gasteiger partial charge in [-0.05, 0) is 47.0 Å². The molecule has 1 heterocycles. The lowest BCUT2D eigenvalue weighted by Gasteiger charge is -2.14. The Hall–Kier alpha value is -2.96. The Kier molecular flexibility index (Phi) is 6.26. The van der Waals surface area contributed by atoms with E-state index >= 15 is 0 Å². The summed E-state index contributed by atoms with van der Waals surface area (Å²) in [7, 11) is 0. The number of rotatable bonds is 6. The summed E-state index contributed by atoms with van der Waals surface area (Å²) in [6.45, 7) is 0.798. The number of thiocarbonyl (C=S) groups is 1. The molecule has 6 heteroatoms. The fourth-order valence-corrected chi connectivity index (χ4v) is 4.25. The first-order valence-corrected chi connectivity index (χ1v) is 10.6. The van der Waals surface area contributed by atoms with Gasteiger partial charge in [0.05, 0.1) is 11.4 Å². The zero-order valence-corrected chi connectivity index (χ0v) is 17.6. The molecule has 0 aromatic heterocycles. The van der Waals surface area contributed by atoms with Crippen LogP contribution in [0.2, 0.25) is 0 Å². The minimum Gasteiger partial charge on any atom is -0.489 e. The van der Waals surface area contributed by atoms with Crippen LogP contribution in [0.15, 0.2) is 83.8 Å². The number of benzene rings is 3. The second kappa shape index (κ2) is 9.24. The smallest absolute Gasteiger partial charge is 0.266 e. The van der Waals surface area contributed by atoms with Crippen LogP contribution in [0.4, 0.5) is 4.39 Å². The van der Waals surface area contributed by atoms with E-state index < -0.39 is 0 Å². The maximum Gasteiger partial charge on any atom is 0.266 e. The molecule has 30 heavy (non-hydrogen) atoms. The summed E-state index contributed by atoms with van der Waals surface area (Å²) in [6.07, 6.45) is 1.83. The Morgan fingerprint density at radius 2 is 1.73 bits per heavy atom. The molecule has 0 aliphatic carbocycles. The lowest BCUT2D eigenvalue weighted by Crippen LogP contribution is -2.27. The monoisotopic (exact) mass is 435 g/mol. The number of carbonyl (C=O) groups is 1. The number of amides is 1. The Labute approximate surface area is 184 Å². The molecule has 3 nitrogen and oxygen atoms in total. The number of thioether (sulfide) groups is 1. The third-order valence-corrected chi connectivity index (χ3v) is 5.91. The highest BCUT2D eigenvalue weighted by Crippen LogP contribution is 2.34. The van der Waals surface area contributed by atoms with Gasteiger partial charge >= 0.3 is 0 Å². The average molecular weight is 436 g/mol. The van der Waals surface area contributed by atoms with Crippen molar-refractivity contribution in [2.45, 2.75) is 13.2 Å². The van der Waals surface area contributed by atoms with Gasteiger partial charge < -0.3 is 4.74 Å². The third-order valence-electron chi connectivity index (χ3n) is 4.53. The van der Waals surface area contributed by atoms with Crippen molar-refractivity contribution in [2.75, 3.05) is 0 Å². The van der Waals surface area contributed by atoms with E-state index in [1.807, 2.05) is 60.7 Å². The summed E-state index contributed by atoms with van der Waals surface area (Å²) < 4.78 is 19.4. The number of ether oxygens (including phenoxy) is 1. The average Bonchev–Trinajstić information content (AvgIpc) is 3.02. The van der Waals surface area contributed by atoms with Crippen LogP contribution in [-0.2, 0) is 17.9 Å². The SMILES string of the molecule is O=C1/C(=C\c2cccc(OCc3ccc(F)cc3)c2)SC(=S)N1Cc1ccccc1. The van der Waals surface area contributed by atoms with Crippen molar-refractivity contribution < 1.29 is 13.9 Å². The van der Waals surface area contributed by atoms with Gasteiger partial charge in [-0.1, -0.05) is 78.6 Å². The van der Waals surface area contributed by atoms with Crippen LogP contribution < -0.4 is 4.74 Å². The molecule has 0 atom stereocenters. The molecule has 3 aromatic rings. The molecular formula is C24H18FNO2S2. The lowest BCUT2D eigenvalue weighted by atomic mass is 10.2. The second-order valence-corrected chi connectivity index (χ2v) is 8.42. The minimum atomic E-state index is -0.273. The van der Waals surface area contributed by atoms with Gasteiger partial charge in [-0.25, -0.2) is 4.39 Å². The molecule has 0 N–H and O–H groups in total. The number of nitrogens with zero attached hydrogens (tertiary/aromatic N) is 1. The number of carbonyl (C=O) groups excluding carboxylic acids is 1.